The molecule has 140 valence electrons. The number of methoxy groups -OCH3 is 1. The van der Waals surface area contributed by atoms with Crippen LogP contribution < -0.4 is 5.32 Å². The second-order valence-electron chi connectivity index (χ2n) is 5.55. The van der Waals surface area contributed by atoms with Crippen molar-refractivity contribution in [1.82, 2.24) is 15.3 Å². The van der Waals surface area contributed by atoms with Gasteiger partial charge in [-0.15, -0.1) is 0 Å². The molecule has 0 unspecified atom stereocenters. The van der Waals surface area contributed by atoms with Crippen molar-refractivity contribution < 1.29 is 28.6 Å². The number of rotatable bonds is 10. The van der Waals surface area contributed by atoms with Crippen LogP contribution in [-0.2, 0) is 23.9 Å². The van der Waals surface area contributed by atoms with Gasteiger partial charge in [0.1, 0.15) is 12.4 Å². The number of carbonyl (C=O) groups is 3. The van der Waals surface area contributed by atoms with Crippen LogP contribution in [0.1, 0.15) is 38.5 Å². The maximum Gasteiger partial charge on any atom is 0.328 e. The van der Waals surface area contributed by atoms with Crippen molar-refractivity contribution in [2.75, 3.05) is 7.11 Å². The van der Waals surface area contributed by atoms with E-state index in [1.807, 2.05) is 0 Å². The number of aromatic nitrogens is 2. The van der Waals surface area contributed by atoms with Crippen LogP contribution in [0.15, 0.2) is 18.6 Å². The SMILES string of the molecule is CO[C@H](C(=O)N[C@@H](CCC(=O)C=[N+]=[N-])C(=O)OC(C)C)c1ccncn1. The van der Waals surface area contributed by atoms with Crippen molar-refractivity contribution in [3.05, 3.63) is 29.8 Å². The Morgan fingerprint density at radius 1 is 1.38 bits per heavy atom. The summed E-state index contributed by atoms with van der Waals surface area (Å²) in [7, 11) is 1.33. The fourth-order valence-corrected chi connectivity index (χ4v) is 2.04. The van der Waals surface area contributed by atoms with Crippen molar-refractivity contribution in [2.24, 2.45) is 0 Å². The first-order valence-corrected chi connectivity index (χ1v) is 7.88. The number of amides is 1. The molecule has 1 rings (SSSR count). The van der Waals surface area contributed by atoms with Crippen LogP contribution in [0, 0.1) is 0 Å². The zero-order chi connectivity index (χ0) is 19.5. The Morgan fingerprint density at radius 2 is 2.12 bits per heavy atom. The van der Waals surface area contributed by atoms with Gasteiger partial charge >= 0.3 is 12.2 Å². The lowest BCUT2D eigenvalue weighted by Gasteiger charge is -2.21. The van der Waals surface area contributed by atoms with E-state index < -0.39 is 35.9 Å². The predicted octanol–water partition coefficient (Wildman–Crippen LogP) is 0.250. The molecule has 0 aliphatic carbocycles. The van der Waals surface area contributed by atoms with Gasteiger partial charge in [0.25, 0.3) is 5.91 Å². The summed E-state index contributed by atoms with van der Waals surface area (Å²) in [4.78, 5) is 46.5. The van der Waals surface area contributed by atoms with Crippen LogP contribution in [-0.4, -0.2) is 57.9 Å². The minimum absolute atomic E-state index is 0.0254. The van der Waals surface area contributed by atoms with Crippen LogP contribution in [0.2, 0.25) is 0 Å². The number of hydrogen-bond acceptors (Lipinski definition) is 7. The van der Waals surface area contributed by atoms with E-state index in [1.165, 1.54) is 25.7 Å². The Kier molecular flexibility index (Phi) is 8.76. The van der Waals surface area contributed by atoms with Crippen LogP contribution in [0.5, 0.6) is 0 Å². The molecular formula is C16H21N5O5. The minimum atomic E-state index is -1.07. The number of esters is 1. The number of ketones is 1. The molecule has 10 nitrogen and oxygen atoms in total. The predicted molar refractivity (Wildman–Crippen MR) is 88.9 cm³/mol. The number of ether oxygens (including phenoxy) is 2. The molecule has 0 aliphatic heterocycles. The van der Waals surface area contributed by atoms with Gasteiger partial charge in [0.2, 0.25) is 5.78 Å². The Hall–Kier alpha value is -2.97. The molecule has 1 N–H and O–H groups in total. The molecule has 1 amide bonds. The van der Waals surface area contributed by atoms with E-state index in [9.17, 15) is 14.4 Å². The molecule has 1 heterocycles. The zero-order valence-corrected chi connectivity index (χ0v) is 14.8. The third kappa shape index (κ3) is 6.88. The Labute approximate surface area is 150 Å². The quantitative estimate of drug-likeness (QED) is 0.271. The number of hydrogen-bond donors (Lipinski definition) is 1. The monoisotopic (exact) mass is 363 g/mol. The minimum Gasteiger partial charge on any atom is -0.461 e. The molecule has 0 spiro atoms. The first kappa shape index (κ1) is 21.1. The molecular weight excluding hydrogens is 342 g/mol. The molecule has 0 fully saturated rings. The van der Waals surface area contributed by atoms with Gasteiger partial charge in [0, 0.05) is 19.7 Å². The maximum absolute atomic E-state index is 12.5. The van der Waals surface area contributed by atoms with E-state index in [4.69, 9.17) is 15.0 Å². The highest BCUT2D eigenvalue weighted by Crippen LogP contribution is 2.14. The summed E-state index contributed by atoms with van der Waals surface area (Å²) >= 11 is 0. The van der Waals surface area contributed by atoms with Crippen molar-refractivity contribution in [2.45, 2.75) is 44.9 Å². The van der Waals surface area contributed by atoms with Gasteiger partial charge < -0.3 is 20.3 Å². The van der Waals surface area contributed by atoms with Crippen LogP contribution in [0.4, 0.5) is 0 Å². The van der Waals surface area contributed by atoms with Crippen molar-refractivity contribution >= 4 is 23.9 Å². The van der Waals surface area contributed by atoms with Gasteiger partial charge in [0.05, 0.1) is 11.8 Å². The van der Waals surface area contributed by atoms with Crippen LogP contribution in [0.3, 0.4) is 0 Å². The molecule has 1 aromatic rings. The summed E-state index contributed by atoms with van der Waals surface area (Å²) in [6.45, 7) is 3.33. The lowest BCUT2D eigenvalue weighted by atomic mass is 10.1. The first-order chi connectivity index (χ1) is 12.4. The van der Waals surface area contributed by atoms with E-state index in [2.05, 4.69) is 20.1 Å². The fraction of sp³-hybridized carbons (Fsp3) is 0.500. The molecule has 0 aromatic carbocycles. The van der Waals surface area contributed by atoms with E-state index in [0.717, 1.165) is 6.21 Å². The van der Waals surface area contributed by atoms with Gasteiger partial charge in [-0.3, -0.25) is 9.59 Å². The average molecular weight is 363 g/mol. The molecule has 1 aromatic heterocycles. The van der Waals surface area contributed by atoms with Gasteiger partial charge in [-0.2, -0.15) is 4.79 Å². The summed E-state index contributed by atoms with van der Waals surface area (Å²) in [6.07, 6.45) is 1.87. The molecule has 2 atom stereocenters. The van der Waals surface area contributed by atoms with Gasteiger partial charge in [-0.1, -0.05) is 0 Å². The molecule has 0 radical (unpaired) electrons. The number of nitrogens with one attached hydrogen (secondary N) is 1. The molecule has 10 heteroatoms. The van der Waals surface area contributed by atoms with E-state index in [1.54, 1.807) is 13.8 Å². The first-order valence-electron chi connectivity index (χ1n) is 7.88. The summed E-state index contributed by atoms with van der Waals surface area (Å²) in [5.74, 6) is -1.79. The molecule has 0 saturated heterocycles. The van der Waals surface area contributed by atoms with Crippen LogP contribution in [0.25, 0.3) is 5.53 Å². The van der Waals surface area contributed by atoms with Gasteiger partial charge in [-0.25, -0.2) is 14.8 Å². The van der Waals surface area contributed by atoms with Gasteiger partial charge in [-0.05, 0) is 26.3 Å². The Balaban J connectivity index is 2.87. The zero-order valence-electron chi connectivity index (χ0n) is 14.8. The summed E-state index contributed by atoms with van der Waals surface area (Å²) < 4.78 is 10.3. The number of Topliss-reactive ketones (excluding diaryl/α,β-unsaturated/α-hetero) is 1. The maximum atomic E-state index is 12.5. The molecule has 0 bridgehead atoms. The second kappa shape index (κ2) is 10.8. The number of carbonyl (C=O) groups excluding carboxylic acids is 3. The van der Waals surface area contributed by atoms with Crippen molar-refractivity contribution in [3.63, 3.8) is 0 Å². The molecule has 0 saturated carbocycles. The van der Waals surface area contributed by atoms with Gasteiger partial charge in [0.15, 0.2) is 6.10 Å². The topological polar surface area (TPSA) is 144 Å². The van der Waals surface area contributed by atoms with E-state index in [-0.39, 0.29) is 12.8 Å². The summed E-state index contributed by atoms with van der Waals surface area (Å²) in [5.41, 5.74) is 8.68. The van der Waals surface area contributed by atoms with Crippen molar-refractivity contribution in [3.8, 4) is 0 Å². The average Bonchev–Trinajstić information content (AvgIpc) is 2.59. The highest BCUT2D eigenvalue weighted by molar-refractivity contribution is 6.25. The van der Waals surface area contributed by atoms with Crippen molar-refractivity contribution in [1.29, 1.82) is 0 Å². The van der Waals surface area contributed by atoms with Crippen LogP contribution >= 0.6 is 0 Å². The highest BCUT2D eigenvalue weighted by Gasteiger charge is 2.29. The fourth-order valence-electron chi connectivity index (χ4n) is 2.04. The summed E-state index contributed by atoms with van der Waals surface area (Å²) in [5, 5.41) is 2.51. The highest BCUT2D eigenvalue weighted by atomic mass is 16.5. The third-order valence-corrected chi connectivity index (χ3v) is 3.18. The lowest BCUT2D eigenvalue weighted by molar-refractivity contribution is -0.153. The number of nitrogens with zero attached hydrogens (tertiary/aromatic N) is 4. The third-order valence-electron chi connectivity index (χ3n) is 3.18. The Bertz CT molecular complexity index is 673. The normalized spacial score (nSPS) is 12.6. The van der Waals surface area contributed by atoms with E-state index >= 15 is 0 Å². The molecule has 0 aliphatic rings. The second-order valence-corrected chi connectivity index (χ2v) is 5.55. The standard InChI is InChI=1S/C16H21N5O5/c1-10(2)26-16(24)13(5-4-11(22)8-20-17)21-15(23)14(25-3)12-6-7-18-9-19-12/h6-10,13-14H,4-5H2,1-3H3,(H,21,23)/t13-,14-/m0/s1. The summed E-state index contributed by atoms with van der Waals surface area (Å²) in [6, 6.07) is 0.441. The smallest absolute Gasteiger partial charge is 0.328 e. The lowest BCUT2D eigenvalue weighted by Crippen LogP contribution is -2.45. The largest absolute Gasteiger partial charge is 0.461 e. The molecule has 26 heavy (non-hydrogen) atoms. The Morgan fingerprint density at radius 3 is 2.65 bits per heavy atom. The van der Waals surface area contributed by atoms with E-state index in [0.29, 0.717) is 5.69 Å².